The van der Waals surface area contributed by atoms with Crippen molar-refractivity contribution in [3.05, 3.63) is 84.2 Å². The molecule has 1 amide bonds. The minimum atomic E-state index is -0.231. The van der Waals surface area contributed by atoms with E-state index in [4.69, 9.17) is 0 Å². The summed E-state index contributed by atoms with van der Waals surface area (Å²) >= 11 is 0. The van der Waals surface area contributed by atoms with Gasteiger partial charge in [0.2, 0.25) is 0 Å². The molecule has 0 aliphatic heterocycles. The molecule has 168 valence electrons. The minimum Gasteiger partial charge on any atom is -0.390 e. The molecule has 0 bridgehead atoms. The van der Waals surface area contributed by atoms with Gasteiger partial charge in [-0.2, -0.15) is 0 Å². The van der Waals surface area contributed by atoms with Crippen LogP contribution in [-0.4, -0.2) is 37.1 Å². The molecule has 0 unspecified atom stereocenters. The van der Waals surface area contributed by atoms with Crippen molar-refractivity contribution in [3.8, 4) is 5.82 Å². The zero-order chi connectivity index (χ0) is 22.7. The number of hydrogen-bond acceptors (Lipinski definition) is 5. The molecule has 0 atom stereocenters. The lowest BCUT2D eigenvalue weighted by atomic mass is 9.70. The van der Waals surface area contributed by atoms with E-state index in [0.717, 1.165) is 36.6 Å². The number of aliphatic hydroxyl groups excluding tert-OH is 1. The van der Waals surface area contributed by atoms with Crippen molar-refractivity contribution < 1.29 is 9.90 Å². The highest BCUT2D eigenvalue weighted by Crippen LogP contribution is 2.38. The van der Waals surface area contributed by atoms with E-state index in [1.54, 1.807) is 24.8 Å². The van der Waals surface area contributed by atoms with Gasteiger partial charge in [0.05, 0.1) is 17.7 Å². The molecule has 7 nitrogen and oxygen atoms in total. The van der Waals surface area contributed by atoms with Crippen LogP contribution in [0.3, 0.4) is 0 Å². The Morgan fingerprint density at radius 2 is 1.85 bits per heavy atom. The first-order valence-corrected chi connectivity index (χ1v) is 11.4. The summed E-state index contributed by atoms with van der Waals surface area (Å²) < 4.78 is 1.83. The van der Waals surface area contributed by atoms with Crippen molar-refractivity contribution in [2.24, 2.45) is 0 Å². The number of nitrogens with one attached hydrogen (secondary N) is 1. The van der Waals surface area contributed by atoms with Gasteiger partial charge in [0.25, 0.3) is 5.91 Å². The van der Waals surface area contributed by atoms with E-state index in [2.05, 4.69) is 26.3 Å². The molecule has 4 aromatic rings. The molecule has 1 aromatic carbocycles. The Morgan fingerprint density at radius 3 is 2.64 bits per heavy atom. The third-order valence-corrected chi connectivity index (χ3v) is 6.76. The number of hydrogen-bond donors (Lipinski definition) is 2. The lowest BCUT2D eigenvalue weighted by Crippen LogP contribution is -2.42. The number of aromatic nitrogens is 4. The molecule has 1 aliphatic rings. The average Bonchev–Trinajstić information content (AvgIpc) is 3.28. The lowest BCUT2D eigenvalue weighted by Gasteiger charge is -2.37. The van der Waals surface area contributed by atoms with Crippen molar-refractivity contribution in [3.63, 3.8) is 0 Å². The van der Waals surface area contributed by atoms with Crippen molar-refractivity contribution in [1.29, 1.82) is 0 Å². The zero-order valence-corrected chi connectivity index (χ0v) is 18.4. The van der Waals surface area contributed by atoms with Gasteiger partial charge in [0.1, 0.15) is 5.69 Å². The molecule has 1 fully saturated rings. The minimum absolute atomic E-state index is 0.0878. The maximum absolute atomic E-state index is 13.4. The third kappa shape index (κ3) is 4.00. The highest BCUT2D eigenvalue weighted by molar-refractivity contribution is 6.07. The number of rotatable bonds is 6. The molecule has 1 aliphatic carbocycles. The first kappa shape index (κ1) is 21.3. The monoisotopic (exact) mass is 441 g/mol. The Labute approximate surface area is 192 Å². The summed E-state index contributed by atoms with van der Waals surface area (Å²) in [5.74, 6) is 0.405. The Balaban J connectivity index is 1.48. The predicted octanol–water partition coefficient (Wildman–Crippen LogP) is 3.94. The first-order chi connectivity index (χ1) is 16.2. The number of fused-ring (bicyclic) bond motifs is 1. The summed E-state index contributed by atoms with van der Waals surface area (Å²) in [4.78, 5) is 26.4. The molecule has 3 heterocycles. The second kappa shape index (κ2) is 9.11. The van der Waals surface area contributed by atoms with Crippen LogP contribution in [0.1, 0.15) is 53.7 Å². The fraction of sp³-hybridized carbons (Fsp3) is 0.308. The number of amides is 1. The molecular formula is C26H27N5O2. The van der Waals surface area contributed by atoms with Crippen LogP contribution in [0.4, 0.5) is 0 Å². The van der Waals surface area contributed by atoms with E-state index in [9.17, 15) is 9.90 Å². The fourth-order valence-corrected chi connectivity index (χ4v) is 5.03. The lowest BCUT2D eigenvalue weighted by molar-refractivity contribution is 0.0938. The topological polar surface area (TPSA) is 92.9 Å². The largest absolute Gasteiger partial charge is 0.390 e. The average molecular weight is 442 g/mol. The smallest absolute Gasteiger partial charge is 0.253 e. The van der Waals surface area contributed by atoms with Crippen molar-refractivity contribution in [2.75, 3.05) is 6.54 Å². The van der Waals surface area contributed by atoms with Gasteiger partial charge < -0.3 is 10.4 Å². The molecule has 3 aromatic heterocycles. The number of para-hydroxylation sites is 1. The van der Waals surface area contributed by atoms with E-state index >= 15 is 0 Å². The molecule has 33 heavy (non-hydrogen) atoms. The van der Waals surface area contributed by atoms with Gasteiger partial charge in [-0.1, -0.05) is 43.5 Å². The van der Waals surface area contributed by atoms with E-state index in [1.807, 2.05) is 41.1 Å². The van der Waals surface area contributed by atoms with Crippen molar-refractivity contribution >= 4 is 16.8 Å². The Hall–Kier alpha value is -3.58. The van der Waals surface area contributed by atoms with Crippen LogP contribution >= 0.6 is 0 Å². The van der Waals surface area contributed by atoms with Crippen LogP contribution in [0, 0.1) is 0 Å². The molecule has 1 saturated carbocycles. The normalized spacial score (nSPS) is 15.4. The number of aliphatic hydroxyl groups is 1. The summed E-state index contributed by atoms with van der Waals surface area (Å²) in [5, 5.41) is 13.8. The predicted molar refractivity (Wildman–Crippen MR) is 126 cm³/mol. The summed E-state index contributed by atoms with van der Waals surface area (Å²) in [7, 11) is 0. The van der Waals surface area contributed by atoms with Gasteiger partial charge in [0.15, 0.2) is 5.82 Å². The van der Waals surface area contributed by atoms with Crippen LogP contribution in [0.15, 0.2) is 67.4 Å². The molecule has 7 heteroatoms. The quantitative estimate of drug-likeness (QED) is 0.473. The summed E-state index contributed by atoms with van der Waals surface area (Å²) in [5.41, 5.74) is 2.99. The molecule has 0 saturated heterocycles. The van der Waals surface area contributed by atoms with Gasteiger partial charge >= 0.3 is 0 Å². The van der Waals surface area contributed by atoms with Crippen molar-refractivity contribution in [1.82, 2.24) is 24.8 Å². The zero-order valence-electron chi connectivity index (χ0n) is 18.4. The SMILES string of the molecule is O=C(NCC1(c2cccnc2)CCCCC1)c1cn(-c2nccnc2CO)c2ccccc12. The van der Waals surface area contributed by atoms with Crippen LogP contribution in [0.5, 0.6) is 0 Å². The Kier molecular flexibility index (Phi) is 5.88. The van der Waals surface area contributed by atoms with E-state index in [0.29, 0.717) is 23.6 Å². The van der Waals surface area contributed by atoms with Gasteiger partial charge in [-0.15, -0.1) is 0 Å². The van der Waals surface area contributed by atoms with E-state index in [1.165, 1.54) is 12.0 Å². The third-order valence-electron chi connectivity index (χ3n) is 6.76. The van der Waals surface area contributed by atoms with Gasteiger partial charge in [-0.3, -0.25) is 19.3 Å². The van der Waals surface area contributed by atoms with Gasteiger partial charge in [-0.05, 0) is 30.5 Å². The number of carbonyl (C=O) groups excluding carboxylic acids is 1. The maximum Gasteiger partial charge on any atom is 0.253 e. The van der Waals surface area contributed by atoms with Crippen LogP contribution in [-0.2, 0) is 12.0 Å². The summed E-state index contributed by atoms with van der Waals surface area (Å²) in [6.07, 6.45) is 14.3. The highest BCUT2D eigenvalue weighted by Gasteiger charge is 2.34. The van der Waals surface area contributed by atoms with Gasteiger partial charge in [0, 0.05) is 48.3 Å². The number of nitrogens with zero attached hydrogens (tertiary/aromatic N) is 4. The van der Waals surface area contributed by atoms with Crippen molar-refractivity contribution in [2.45, 2.75) is 44.1 Å². The summed E-state index contributed by atoms with van der Waals surface area (Å²) in [6.45, 7) is 0.342. The second-order valence-corrected chi connectivity index (χ2v) is 8.68. The number of benzene rings is 1. The van der Waals surface area contributed by atoms with Crippen LogP contribution < -0.4 is 5.32 Å². The highest BCUT2D eigenvalue weighted by atomic mass is 16.3. The van der Waals surface area contributed by atoms with E-state index in [-0.39, 0.29) is 17.9 Å². The van der Waals surface area contributed by atoms with Crippen LogP contribution in [0.2, 0.25) is 0 Å². The second-order valence-electron chi connectivity index (χ2n) is 8.68. The Bertz CT molecular complexity index is 1260. The standard InChI is InChI=1S/C26H27N5O2/c32-17-22-24(29-14-13-28-22)31-16-21(20-8-2-3-9-23(20)31)25(33)30-18-26(10-4-1-5-11-26)19-7-6-12-27-15-19/h2-3,6-9,12-16,32H,1,4-5,10-11,17-18H2,(H,30,33). The fourth-order valence-electron chi connectivity index (χ4n) is 5.03. The molecule has 2 N–H and O–H groups in total. The molecule has 0 radical (unpaired) electrons. The molecule has 5 rings (SSSR count). The Morgan fingerprint density at radius 1 is 1.03 bits per heavy atom. The van der Waals surface area contributed by atoms with Gasteiger partial charge in [-0.25, -0.2) is 4.98 Å². The first-order valence-electron chi connectivity index (χ1n) is 11.4. The van der Waals surface area contributed by atoms with Crippen LogP contribution in [0.25, 0.3) is 16.7 Å². The number of carbonyl (C=O) groups is 1. The molecular weight excluding hydrogens is 414 g/mol. The number of pyridine rings is 1. The maximum atomic E-state index is 13.4. The van der Waals surface area contributed by atoms with E-state index < -0.39 is 0 Å². The summed E-state index contributed by atoms with van der Waals surface area (Å²) in [6, 6.07) is 11.8. The molecule has 0 spiro atoms.